The molecule has 1 aliphatic rings. The second-order valence-electron chi connectivity index (χ2n) is 7.66. The SMILES string of the molecule is Cc1cc2c(c(F)n1)-c1ncc(F)cc1C(C)C(=O)N2CC(=O)Nc1ccc(C(F)F)cc1. The molecule has 0 saturated heterocycles. The van der Waals surface area contributed by atoms with E-state index < -0.39 is 42.5 Å². The Balaban J connectivity index is 1.71. The number of aromatic nitrogens is 2. The van der Waals surface area contributed by atoms with Gasteiger partial charge < -0.3 is 10.2 Å². The van der Waals surface area contributed by atoms with Gasteiger partial charge >= 0.3 is 0 Å². The Hall–Kier alpha value is -3.82. The van der Waals surface area contributed by atoms with E-state index in [2.05, 4.69) is 15.3 Å². The lowest BCUT2D eigenvalue weighted by molar-refractivity contribution is -0.122. The summed E-state index contributed by atoms with van der Waals surface area (Å²) in [5, 5.41) is 2.54. The fourth-order valence-corrected chi connectivity index (χ4v) is 3.75. The monoisotopic (exact) mass is 458 g/mol. The number of benzene rings is 1. The number of amides is 2. The summed E-state index contributed by atoms with van der Waals surface area (Å²) >= 11 is 0. The van der Waals surface area contributed by atoms with Crippen molar-refractivity contribution in [1.82, 2.24) is 9.97 Å². The van der Waals surface area contributed by atoms with E-state index in [4.69, 9.17) is 0 Å². The van der Waals surface area contributed by atoms with Crippen LogP contribution in [0.3, 0.4) is 0 Å². The summed E-state index contributed by atoms with van der Waals surface area (Å²) in [5.74, 6) is -3.70. The molecule has 1 N–H and O–H groups in total. The molecule has 1 aromatic carbocycles. The van der Waals surface area contributed by atoms with Gasteiger partial charge in [-0.25, -0.2) is 18.2 Å². The Morgan fingerprint density at radius 2 is 1.88 bits per heavy atom. The van der Waals surface area contributed by atoms with Crippen LogP contribution in [0.25, 0.3) is 11.3 Å². The van der Waals surface area contributed by atoms with E-state index in [1.54, 1.807) is 0 Å². The first-order valence-electron chi connectivity index (χ1n) is 9.98. The summed E-state index contributed by atoms with van der Waals surface area (Å²) in [7, 11) is 0. The molecule has 0 aliphatic carbocycles. The number of carbonyl (C=O) groups is 2. The molecule has 0 saturated carbocycles. The highest BCUT2D eigenvalue weighted by Gasteiger charge is 2.35. The summed E-state index contributed by atoms with van der Waals surface area (Å²) in [5.41, 5.74) is 0.544. The molecule has 0 fully saturated rings. The number of pyridine rings is 2. The lowest BCUT2D eigenvalue weighted by atomic mass is 9.97. The van der Waals surface area contributed by atoms with Crippen molar-refractivity contribution in [3.05, 3.63) is 71.2 Å². The highest BCUT2D eigenvalue weighted by molar-refractivity contribution is 6.09. The van der Waals surface area contributed by atoms with E-state index in [0.717, 1.165) is 17.2 Å². The summed E-state index contributed by atoms with van der Waals surface area (Å²) in [6, 6.07) is 7.55. The number of fused-ring (bicyclic) bond motifs is 3. The van der Waals surface area contributed by atoms with Crippen molar-refractivity contribution >= 4 is 23.2 Å². The van der Waals surface area contributed by atoms with Crippen LogP contribution in [-0.4, -0.2) is 28.3 Å². The van der Waals surface area contributed by atoms with Crippen LogP contribution < -0.4 is 10.2 Å². The van der Waals surface area contributed by atoms with Crippen molar-refractivity contribution in [3.63, 3.8) is 0 Å². The van der Waals surface area contributed by atoms with Crippen molar-refractivity contribution in [2.24, 2.45) is 0 Å². The average Bonchev–Trinajstić information content (AvgIpc) is 2.84. The van der Waals surface area contributed by atoms with E-state index in [0.29, 0.717) is 0 Å². The standard InChI is InChI=1S/C23H18F4N4O2/c1-11-7-17-19(22(27)29-11)20-16(8-14(24)9-28-20)12(2)23(33)31(17)10-18(32)30-15-5-3-13(4-6-15)21(25)26/h3-9,12,21H,10H2,1-2H3,(H,30,32). The lowest BCUT2D eigenvalue weighted by Gasteiger charge is -2.24. The summed E-state index contributed by atoms with van der Waals surface area (Å²) < 4.78 is 54.3. The van der Waals surface area contributed by atoms with Crippen LogP contribution in [0.5, 0.6) is 0 Å². The van der Waals surface area contributed by atoms with Gasteiger partial charge in [-0.15, -0.1) is 0 Å². The van der Waals surface area contributed by atoms with Gasteiger partial charge in [0, 0.05) is 16.9 Å². The van der Waals surface area contributed by atoms with Gasteiger partial charge in [0.15, 0.2) is 0 Å². The molecule has 0 bridgehead atoms. The van der Waals surface area contributed by atoms with Crippen LogP contribution in [0.1, 0.15) is 36.1 Å². The molecule has 10 heteroatoms. The Kier molecular flexibility index (Phi) is 5.84. The molecule has 1 atom stereocenters. The van der Waals surface area contributed by atoms with Crippen molar-refractivity contribution < 1.29 is 27.2 Å². The summed E-state index contributed by atoms with van der Waals surface area (Å²) in [4.78, 5) is 34.9. The number of aryl methyl sites for hydroxylation is 1. The van der Waals surface area contributed by atoms with E-state index in [9.17, 15) is 27.2 Å². The van der Waals surface area contributed by atoms with Gasteiger partial charge in [0.25, 0.3) is 6.43 Å². The van der Waals surface area contributed by atoms with Gasteiger partial charge in [-0.1, -0.05) is 12.1 Å². The van der Waals surface area contributed by atoms with Crippen LogP contribution in [-0.2, 0) is 9.59 Å². The van der Waals surface area contributed by atoms with Crippen molar-refractivity contribution in [2.75, 3.05) is 16.8 Å². The van der Waals surface area contributed by atoms with Crippen LogP contribution >= 0.6 is 0 Å². The number of hydrogen-bond acceptors (Lipinski definition) is 4. The zero-order valence-electron chi connectivity index (χ0n) is 17.6. The molecular formula is C23H18F4N4O2. The highest BCUT2D eigenvalue weighted by Crippen LogP contribution is 2.41. The van der Waals surface area contributed by atoms with Crippen LogP contribution in [0, 0.1) is 18.7 Å². The maximum absolute atomic E-state index is 15.0. The minimum absolute atomic E-state index is 0.0720. The van der Waals surface area contributed by atoms with Gasteiger partial charge in [-0.05, 0) is 43.7 Å². The first kappa shape index (κ1) is 22.4. The number of rotatable bonds is 4. The zero-order valence-corrected chi connectivity index (χ0v) is 17.6. The van der Waals surface area contributed by atoms with Gasteiger partial charge in [-0.3, -0.25) is 14.6 Å². The number of carbonyl (C=O) groups excluding carboxylic acids is 2. The fourth-order valence-electron chi connectivity index (χ4n) is 3.75. The Morgan fingerprint density at radius 1 is 1.18 bits per heavy atom. The van der Waals surface area contributed by atoms with Gasteiger partial charge in [0.1, 0.15) is 12.4 Å². The second-order valence-corrected chi connectivity index (χ2v) is 7.66. The quantitative estimate of drug-likeness (QED) is 0.452. The minimum Gasteiger partial charge on any atom is -0.325 e. The molecule has 0 spiro atoms. The van der Waals surface area contributed by atoms with Crippen LogP contribution in [0.2, 0.25) is 0 Å². The molecule has 170 valence electrons. The number of anilines is 2. The van der Waals surface area contributed by atoms with E-state index in [1.165, 1.54) is 44.2 Å². The van der Waals surface area contributed by atoms with Gasteiger partial charge in [0.05, 0.1) is 29.1 Å². The maximum atomic E-state index is 15.0. The first-order chi connectivity index (χ1) is 15.7. The van der Waals surface area contributed by atoms with Crippen LogP contribution in [0.15, 0.2) is 42.6 Å². The van der Waals surface area contributed by atoms with E-state index in [1.807, 2.05) is 0 Å². The Labute approximate surface area is 186 Å². The fraction of sp³-hybridized carbons (Fsp3) is 0.217. The first-order valence-corrected chi connectivity index (χ1v) is 9.98. The average molecular weight is 458 g/mol. The maximum Gasteiger partial charge on any atom is 0.263 e. The molecule has 1 aliphatic heterocycles. The van der Waals surface area contributed by atoms with Gasteiger partial charge in [0.2, 0.25) is 17.8 Å². The third kappa shape index (κ3) is 4.28. The molecule has 3 aromatic rings. The molecule has 2 amide bonds. The smallest absolute Gasteiger partial charge is 0.263 e. The molecule has 0 radical (unpaired) electrons. The lowest BCUT2D eigenvalue weighted by Crippen LogP contribution is -2.40. The molecule has 4 rings (SSSR count). The van der Waals surface area contributed by atoms with Crippen LogP contribution in [0.4, 0.5) is 28.9 Å². The largest absolute Gasteiger partial charge is 0.325 e. The molecule has 1 unspecified atom stereocenters. The van der Waals surface area contributed by atoms with Crippen molar-refractivity contribution in [1.29, 1.82) is 0 Å². The number of nitrogens with zero attached hydrogens (tertiary/aromatic N) is 3. The summed E-state index contributed by atoms with van der Waals surface area (Å²) in [6.45, 7) is 2.55. The molecule has 3 heterocycles. The Morgan fingerprint density at radius 3 is 2.55 bits per heavy atom. The third-order valence-electron chi connectivity index (χ3n) is 5.35. The topological polar surface area (TPSA) is 75.2 Å². The summed E-state index contributed by atoms with van der Waals surface area (Å²) in [6.07, 6.45) is -1.72. The van der Waals surface area contributed by atoms with Crippen molar-refractivity contribution in [2.45, 2.75) is 26.2 Å². The zero-order chi connectivity index (χ0) is 23.9. The second kappa shape index (κ2) is 8.61. The van der Waals surface area contributed by atoms with Crippen molar-refractivity contribution in [3.8, 4) is 11.3 Å². The molecule has 6 nitrogen and oxygen atoms in total. The highest BCUT2D eigenvalue weighted by atomic mass is 19.3. The Bertz CT molecular complexity index is 1250. The van der Waals surface area contributed by atoms with E-state index in [-0.39, 0.29) is 39.5 Å². The minimum atomic E-state index is -2.64. The number of halogens is 4. The molecule has 33 heavy (non-hydrogen) atoms. The predicted octanol–water partition coefficient (Wildman–Crippen LogP) is 4.76. The predicted molar refractivity (Wildman–Crippen MR) is 113 cm³/mol. The number of hydrogen-bond donors (Lipinski definition) is 1. The number of nitrogens with one attached hydrogen (secondary N) is 1. The number of alkyl halides is 2. The molecular weight excluding hydrogens is 440 g/mol. The molecule has 2 aromatic heterocycles. The normalized spacial score (nSPS) is 15.2. The third-order valence-corrected chi connectivity index (χ3v) is 5.35. The van der Waals surface area contributed by atoms with E-state index >= 15 is 0 Å². The van der Waals surface area contributed by atoms with Gasteiger partial charge in [-0.2, -0.15) is 4.39 Å².